The van der Waals surface area contributed by atoms with Gasteiger partial charge in [-0.3, -0.25) is 4.90 Å². The normalized spacial score (nSPS) is 16.7. The third-order valence-corrected chi connectivity index (χ3v) is 2.72. The van der Waals surface area contributed by atoms with Crippen LogP contribution in [0.5, 0.6) is 0 Å². The molecule has 1 aliphatic rings. The van der Waals surface area contributed by atoms with Gasteiger partial charge in [-0.25, -0.2) is 9.97 Å². The van der Waals surface area contributed by atoms with E-state index in [4.69, 9.17) is 11.6 Å². The zero-order valence-electron chi connectivity index (χ0n) is 8.33. The van der Waals surface area contributed by atoms with E-state index in [0.717, 1.165) is 31.9 Å². The summed E-state index contributed by atoms with van der Waals surface area (Å²) in [5.74, 6) is 1.55. The van der Waals surface area contributed by atoms with Gasteiger partial charge in [0.1, 0.15) is 5.82 Å². The van der Waals surface area contributed by atoms with Crippen molar-refractivity contribution < 1.29 is 0 Å². The van der Waals surface area contributed by atoms with E-state index < -0.39 is 0 Å². The molecular formula is C10H14ClN3. The molecule has 1 aromatic rings. The zero-order chi connectivity index (χ0) is 9.97. The SMILES string of the molecule is Cc1ncc2c(n1)CN(CCCl)CC2. The van der Waals surface area contributed by atoms with Crippen molar-refractivity contribution in [3.05, 3.63) is 23.3 Å². The first-order valence-electron chi connectivity index (χ1n) is 4.89. The number of hydrogen-bond donors (Lipinski definition) is 0. The van der Waals surface area contributed by atoms with Crippen LogP contribution < -0.4 is 0 Å². The average Bonchev–Trinajstić information content (AvgIpc) is 2.17. The molecule has 0 unspecified atom stereocenters. The predicted molar refractivity (Wildman–Crippen MR) is 56.5 cm³/mol. The molecular weight excluding hydrogens is 198 g/mol. The summed E-state index contributed by atoms with van der Waals surface area (Å²) in [7, 11) is 0. The Morgan fingerprint density at radius 1 is 1.57 bits per heavy atom. The Morgan fingerprint density at radius 3 is 3.21 bits per heavy atom. The van der Waals surface area contributed by atoms with Crippen LogP contribution in [0.1, 0.15) is 17.1 Å². The van der Waals surface area contributed by atoms with Gasteiger partial charge in [0, 0.05) is 31.7 Å². The summed E-state index contributed by atoms with van der Waals surface area (Å²) >= 11 is 5.72. The molecule has 0 aliphatic carbocycles. The van der Waals surface area contributed by atoms with Crippen molar-refractivity contribution >= 4 is 11.6 Å². The third kappa shape index (κ3) is 2.04. The molecule has 0 aromatic carbocycles. The molecule has 76 valence electrons. The van der Waals surface area contributed by atoms with E-state index >= 15 is 0 Å². The fourth-order valence-corrected chi connectivity index (χ4v) is 2.01. The van der Waals surface area contributed by atoms with E-state index in [1.54, 1.807) is 0 Å². The van der Waals surface area contributed by atoms with Crippen LogP contribution in [0, 0.1) is 6.92 Å². The van der Waals surface area contributed by atoms with Crippen molar-refractivity contribution in [3.8, 4) is 0 Å². The Labute approximate surface area is 89.1 Å². The van der Waals surface area contributed by atoms with E-state index in [1.807, 2.05) is 13.1 Å². The Kier molecular flexibility index (Phi) is 2.99. The predicted octanol–water partition coefficient (Wildman–Crippen LogP) is 1.38. The molecule has 0 saturated carbocycles. The molecule has 0 amide bonds. The summed E-state index contributed by atoms with van der Waals surface area (Å²) in [4.78, 5) is 11.0. The number of alkyl halides is 1. The molecule has 1 aliphatic heterocycles. The lowest BCUT2D eigenvalue weighted by Crippen LogP contribution is -2.32. The van der Waals surface area contributed by atoms with Gasteiger partial charge in [-0.15, -0.1) is 11.6 Å². The molecule has 0 bridgehead atoms. The Morgan fingerprint density at radius 2 is 2.43 bits per heavy atom. The fourth-order valence-electron chi connectivity index (χ4n) is 1.77. The van der Waals surface area contributed by atoms with Crippen LogP contribution in [-0.4, -0.2) is 33.8 Å². The topological polar surface area (TPSA) is 29.0 Å². The zero-order valence-corrected chi connectivity index (χ0v) is 9.09. The van der Waals surface area contributed by atoms with Crippen LogP contribution in [0.25, 0.3) is 0 Å². The van der Waals surface area contributed by atoms with Crippen LogP contribution in [0.2, 0.25) is 0 Å². The Balaban J connectivity index is 2.16. The lowest BCUT2D eigenvalue weighted by molar-refractivity contribution is 0.264. The van der Waals surface area contributed by atoms with Gasteiger partial charge < -0.3 is 0 Å². The molecule has 2 heterocycles. The Hall–Kier alpha value is -0.670. The van der Waals surface area contributed by atoms with Crippen LogP contribution >= 0.6 is 11.6 Å². The van der Waals surface area contributed by atoms with Gasteiger partial charge in [0.25, 0.3) is 0 Å². The highest BCUT2D eigenvalue weighted by Gasteiger charge is 2.16. The molecule has 0 fully saturated rings. The molecule has 4 heteroatoms. The number of aromatic nitrogens is 2. The molecule has 0 spiro atoms. The van der Waals surface area contributed by atoms with Crippen molar-refractivity contribution in [2.45, 2.75) is 19.9 Å². The minimum atomic E-state index is 0.694. The summed E-state index contributed by atoms with van der Waals surface area (Å²) in [6.07, 6.45) is 3.00. The first-order valence-corrected chi connectivity index (χ1v) is 5.43. The van der Waals surface area contributed by atoms with Crippen LogP contribution in [-0.2, 0) is 13.0 Å². The van der Waals surface area contributed by atoms with Crippen molar-refractivity contribution in [2.24, 2.45) is 0 Å². The molecule has 0 N–H and O–H groups in total. The van der Waals surface area contributed by atoms with Gasteiger partial charge >= 0.3 is 0 Å². The van der Waals surface area contributed by atoms with Crippen molar-refractivity contribution in [1.29, 1.82) is 0 Å². The second-order valence-electron chi connectivity index (χ2n) is 3.60. The van der Waals surface area contributed by atoms with Crippen molar-refractivity contribution in [1.82, 2.24) is 14.9 Å². The van der Waals surface area contributed by atoms with E-state index in [1.165, 1.54) is 11.3 Å². The number of rotatable bonds is 2. The number of nitrogens with zero attached hydrogens (tertiary/aromatic N) is 3. The van der Waals surface area contributed by atoms with Crippen molar-refractivity contribution in [2.75, 3.05) is 19.0 Å². The van der Waals surface area contributed by atoms with E-state index in [0.29, 0.717) is 5.88 Å². The standard InChI is InChI=1S/C10H14ClN3/c1-8-12-6-9-2-4-14(5-3-11)7-10(9)13-8/h6H,2-5,7H2,1H3. The molecule has 0 saturated heterocycles. The van der Waals surface area contributed by atoms with E-state index in [-0.39, 0.29) is 0 Å². The maximum Gasteiger partial charge on any atom is 0.125 e. The van der Waals surface area contributed by atoms with Crippen LogP contribution in [0.3, 0.4) is 0 Å². The summed E-state index contributed by atoms with van der Waals surface area (Å²) < 4.78 is 0. The third-order valence-electron chi connectivity index (χ3n) is 2.55. The number of aryl methyl sites for hydroxylation is 1. The maximum atomic E-state index is 5.72. The quantitative estimate of drug-likeness (QED) is 0.693. The molecule has 1 aromatic heterocycles. The van der Waals surface area contributed by atoms with Gasteiger partial charge in [0.2, 0.25) is 0 Å². The minimum absolute atomic E-state index is 0.694. The summed E-state index contributed by atoms with van der Waals surface area (Å²) in [6.45, 7) is 4.88. The van der Waals surface area contributed by atoms with Crippen LogP contribution in [0.15, 0.2) is 6.20 Å². The average molecular weight is 212 g/mol. The lowest BCUT2D eigenvalue weighted by Gasteiger charge is -2.26. The molecule has 3 nitrogen and oxygen atoms in total. The molecule has 2 rings (SSSR count). The number of fused-ring (bicyclic) bond motifs is 1. The first kappa shape index (κ1) is 9.87. The van der Waals surface area contributed by atoms with Gasteiger partial charge in [0.15, 0.2) is 0 Å². The highest BCUT2D eigenvalue weighted by atomic mass is 35.5. The second-order valence-corrected chi connectivity index (χ2v) is 3.98. The molecule has 0 atom stereocenters. The smallest absolute Gasteiger partial charge is 0.125 e. The van der Waals surface area contributed by atoms with Gasteiger partial charge in [-0.2, -0.15) is 0 Å². The van der Waals surface area contributed by atoms with E-state index in [2.05, 4.69) is 14.9 Å². The minimum Gasteiger partial charge on any atom is -0.296 e. The maximum absolute atomic E-state index is 5.72. The van der Waals surface area contributed by atoms with Gasteiger partial charge in [0.05, 0.1) is 5.69 Å². The van der Waals surface area contributed by atoms with Crippen LogP contribution in [0.4, 0.5) is 0 Å². The van der Waals surface area contributed by atoms with E-state index in [9.17, 15) is 0 Å². The van der Waals surface area contributed by atoms with Gasteiger partial charge in [-0.05, 0) is 18.9 Å². The largest absolute Gasteiger partial charge is 0.296 e. The highest BCUT2D eigenvalue weighted by Crippen LogP contribution is 2.15. The summed E-state index contributed by atoms with van der Waals surface area (Å²) in [6, 6.07) is 0. The fraction of sp³-hybridized carbons (Fsp3) is 0.600. The Bertz CT molecular complexity index is 327. The summed E-state index contributed by atoms with van der Waals surface area (Å²) in [5, 5.41) is 0. The monoisotopic (exact) mass is 211 g/mol. The highest BCUT2D eigenvalue weighted by molar-refractivity contribution is 6.18. The second kappa shape index (κ2) is 4.24. The lowest BCUT2D eigenvalue weighted by atomic mass is 10.1. The molecule has 0 radical (unpaired) electrons. The van der Waals surface area contributed by atoms with Gasteiger partial charge in [-0.1, -0.05) is 0 Å². The summed E-state index contributed by atoms with van der Waals surface area (Å²) in [5.41, 5.74) is 2.47. The number of halogens is 1. The number of hydrogen-bond acceptors (Lipinski definition) is 3. The molecule has 14 heavy (non-hydrogen) atoms. The first-order chi connectivity index (χ1) is 6.79. The van der Waals surface area contributed by atoms with Crippen molar-refractivity contribution in [3.63, 3.8) is 0 Å².